The number of benzene rings is 1. The number of halogens is 3. The number of alkyl halides is 3. The van der Waals surface area contributed by atoms with E-state index in [9.17, 15) is 18.0 Å². The van der Waals surface area contributed by atoms with E-state index < -0.39 is 11.7 Å². The van der Waals surface area contributed by atoms with Crippen LogP contribution in [-0.2, 0) is 11.0 Å². The Morgan fingerprint density at radius 2 is 2.04 bits per heavy atom. The molecule has 0 aliphatic carbocycles. The smallest absolute Gasteiger partial charge is 0.417 e. The van der Waals surface area contributed by atoms with Gasteiger partial charge in [0.1, 0.15) is 5.75 Å². The third-order valence-electron chi connectivity index (χ3n) is 3.00. The molecule has 0 saturated heterocycles. The Kier molecular flexibility index (Phi) is 4.68. The number of carbonyl (C=O) groups excluding carboxylic acids is 1. The van der Waals surface area contributed by atoms with Gasteiger partial charge in [-0.05, 0) is 24.3 Å². The highest BCUT2D eigenvalue weighted by atomic mass is 19.4. The van der Waals surface area contributed by atoms with E-state index in [1.807, 2.05) is 0 Å². The minimum atomic E-state index is -4.45. The first kappa shape index (κ1) is 16.5. The maximum atomic E-state index is 12.5. The molecule has 0 N–H and O–H groups in total. The molecule has 1 aromatic heterocycles. The summed E-state index contributed by atoms with van der Waals surface area (Å²) in [6, 6.07) is 8.54. The van der Waals surface area contributed by atoms with Crippen LogP contribution in [0, 0.1) is 0 Å². The number of hydrogen-bond donors (Lipinski definition) is 0. The molecule has 0 radical (unpaired) electrons. The number of hydrogen-bond acceptors (Lipinski definition) is 3. The number of nitrogens with zero attached hydrogens (tertiary/aromatic N) is 2. The van der Waals surface area contributed by atoms with Crippen LogP contribution in [0.4, 0.5) is 18.9 Å². The van der Waals surface area contributed by atoms with Gasteiger partial charge in [-0.3, -0.25) is 4.79 Å². The van der Waals surface area contributed by atoms with E-state index in [1.165, 1.54) is 11.0 Å². The number of pyridine rings is 1. The van der Waals surface area contributed by atoms with E-state index in [4.69, 9.17) is 4.74 Å². The molecular weight excluding hydrogens is 309 g/mol. The normalized spacial score (nSPS) is 11.0. The summed E-state index contributed by atoms with van der Waals surface area (Å²) in [5.74, 6) is 0.0705. The van der Waals surface area contributed by atoms with Crippen LogP contribution >= 0.6 is 0 Å². The minimum absolute atomic E-state index is 0.0212. The number of aromatic nitrogens is 1. The van der Waals surface area contributed by atoms with Crippen LogP contribution in [0.1, 0.15) is 5.56 Å². The summed E-state index contributed by atoms with van der Waals surface area (Å²) in [7, 11) is 1.57. The highest BCUT2D eigenvalue weighted by Gasteiger charge is 2.30. The van der Waals surface area contributed by atoms with Gasteiger partial charge in [-0.1, -0.05) is 12.6 Å². The van der Waals surface area contributed by atoms with E-state index in [-0.39, 0.29) is 11.8 Å². The standard InChI is InChI=1S/C16H13F3N2O2/c1-3-15(22)21(2)12-5-4-6-13(9-12)23-14-8-7-11(10-20-14)16(17,18)19/h3-10H,1H2,2H3. The monoisotopic (exact) mass is 322 g/mol. The summed E-state index contributed by atoms with van der Waals surface area (Å²) >= 11 is 0. The van der Waals surface area contributed by atoms with Crippen molar-refractivity contribution in [3.8, 4) is 11.6 Å². The zero-order chi connectivity index (χ0) is 17.0. The van der Waals surface area contributed by atoms with Crippen molar-refractivity contribution >= 4 is 11.6 Å². The molecule has 0 fully saturated rings. The molecular formula is C16H13F3N2O2. The number of likely N-dealkylation sites (N-methyl/N-ethyl adjacent to an activating group) is 1. The lowest BCUT2D eigenvalue weighted by atomic mass is 10.2. The fourth-order valence-corrected chi connectivity index (χ4v) is 1.75. The van der Waals surface area contributed by atoms with Crippen molar-refractivity contribution in [3.05, 3.63) is 60.8 Å². The topological polar surface area (TPSA) is 42.4 Å². The maximum Gasteiger partial charge on any atom is 0.417 e. The molecule has 4 nitrogen and oxygen atoms in total. The second kappa shape index (κ2) is 6.51. The second-order valence-electron chi connectivity index (χ2n) is 4.58. The molecule has 2 rings (SSSR count). The van der Waals surface area contributed by atoms with Gasteiger partial charge >= 0.3 is 6.18 Å². The van der Waals surface area contributed by atoms with Crippen molar-refractivity contribution < 1.29 is 22.7 Å². The molecule has 120 valence electrons. The predicted molar refractivity (Wildman–Crippen MR) is 79.4 cm³/mol. The van der Waals surface area contributed by atoms with E-state index in [0.29, 0.717) is 17.6 Å². The lowest BCUT2D eigenvalue weighted by molar-refractivity contribution is -0.137. The van der Waals surface area contributed by atoms with Gasteiger partial charge < -0.3 is 9.64 Å². The highest BCUT2D eigenvalue weighted by molar-refractivity contribution is 6.00. The molecule has 0 unspecified atom stereocenters. The zero-order valence-electron chi connectivity index (χ0n) is 12.2. The largest absolute Gasteiger partial charge is 0.439 e. The average Bonchev–Trinajstić information content (AvgIpc) is 2.53. The van der Waals surface area contributed by atoms with Gasteiger partial charge in [0.25, 0.3) is 0 Å². The number of ether oxygens (including phenoxy) is 1. The molecule has 0 bridgehead atoms. The number of carbonyl (C=O) groups is 1. The van der Waals surface area contributed by atoms with Crippen molar-refractivity contribution in [2.75, 3.05) is 11.9 Å². The molecule has 7 heteroatoms. The van der Waals surface area contributed by atoms with E-state index in [1.54, 1.807) is 31.3 Å². The van der Waals surface area contributed by atoms with E-state index in [2.05, 4.69) is 11.6 Å². The van der Waals surface area contributed by atoms with Gasteiger partial charge in [-0.2, -0.15) is 13.2 Å². The van der Waals surface area contributed by atoms with Crippen LogP contribution in [0.2, 0.25) is 0 Å². The second-order valence-corrected chi connectivity index (χ2v) is 4.58. The van der Waals surface area contributed by atoms with Gasteiger partial charge in [0.15, 0.2) is 0 Å². The van der Waals surface area contributed by atoms with Crippen molar-refractivity contribution in [1.82, 2.24) is 4.98 Å². The zero-order valence-corrected chi connectivity index (χ0v) is 12.2. The first-order valence-corrected chi connectivity index (χ1v) is 6.52. The average molecular weight is 322 g/mol. The van der Waals surface area contributed by atoms with Crippen LogP contribution in [0.3, 0.4) is 0 Å². The third-order valence-corrected chi connectivity index (χ3v) is 3.00. The molecule has 2 aromatic rings. The van der Waals surface area contributed by atoms with Gasteiger partial charge in [0.2, 0.25) is 11.8 Å². The van der Waals surface area contributed by atoms with Crippen LogP contribution in [0.25, 0.3) is 0 Å². The fourth-order valence-electron chi connectivity index (χ4n) is 1.75. The fraction of sp³-hybridized carbons (Fsp3) is 0.125. The van der Waals surface area contributed by atoms with Gasteiger partial charge in [0.05, 0.1) is 5.56 Å². The Bertz CT molecular complexity index is 712. The number of amides is 1. The molecule has 0 aliphatic rings. The Hall–Kier alpha value is -2.83. The number of rotatable bonds is 4. The Morgan fingerprint density at radius 1 is 1.30 bits per heavy atom. The van der Waals surface area contributed by atoms with E-state index in [0.717, 1.165) is 12.1 Å². The highest BCUT2D eigenvalue weighted by Crippen LogP contribution is 2.30. The van der Waals surface area contributed by atoms with Gasteiger partial charge in [0, 0.05) is 31.1 Å². The van der Waals surface area contributed by atoms with Crippen LogP contribution in [0.15, 0.2) is 55.3 Å². The van der Waals surface area contributed by atoms with E-state index >= 15 is 0 Å². The first-order valence-electron chi connectivity index (χ1n) is 6.52. The van der Waals surface area contributed by atoms with Crippen LogP contribution in [0.5, 0.6) is 11.6 Å². The molecule has 23 heavy (non-hydrogen) atoms. The lowest BCUT2D eigenvalue weighted by Gasteiger charge is -2.16. The molecule has 1 heterocycles. The summed E-state index contributed by atoms with van der Waals surface area (Å²) < 4.78 is 42.8. The Morgan fingerprint density at radius 3 is 2.61 bits per heavy atom. The molecule has 1 aromatic carbocycles. The van der Waals surface area contributed by atoms with Crippen molar-refractivity contribution in [3.63, 3.8) is 0 Å². The van der Waals surface area contributed by atoms with Crippen LogP contribution < -0.4 is 9.64 Å². The molecule has 1 amide bonds. The molecule has 0 saturated carbocycles. The summed E-state index contributed by atoms with van der Waals surface area (Å²) in [4.78, 5) is 16.5. The maximum absolute atomic E-state index is 12.5. The van der Waals surface area contributed by atoms with Crippen molar-refractivity contribution in [2.24, 2.45) is 0 Å². The van der Waals surface area contributed by atoms with Crippen molar-refractivity contribution in [2.45, 2.75) is 6.18 Å². The lowest BCUT2D eigenvalue weighted by Crippen LogP contribution is -2.23. The van der Waals surface area contributed by atoms with Crippen LogP contribution in [-0.4, -0.2) is 17.9 Å². The summed E-state index contributed by atoms with van der Waals surface area (Å²) in [6.07, 6.45) is -2.57. The Balaban J connectivity index is 2.17. The number of anilines is 1. The third kappa shape index (κ3) is 4.09. The van der Waals surface area contributed by atoms with Crippen molar-refractivity contribution in [1.29, 1.82) is 0 Å². The first-order chi connectivity index (χ1) is 10.8. The molecule has 0 spiro atoms. The summed E-state index contributed by atoms with van der Waals surface area (Å²) in [5.41, 5.74) is -0.297. The Labute approximate surface area is 130 Å². The molecule has 0 atom stereocenters. The predicted octanol–water partition coefficient (Wildman–Crippen LogP) is 4.04. The van der Waals surface area contributed by atoms with Gasteiger partial charge in [-0.15, -0.1) is 0 Å². The molecule has 0 aliphatic heterocycles. The minimum Gasteiger partial charge on any atom is -0.439 e. The summed E-state index contributed by atoms with van der Waals surface area (Å²) in [6.45, 7) is 3.40. The quantitative estimate of drug-likeness (QED) is 0.798. The SMILES string of the molecule is C=CC(=O)N(C)c1cccc(Oc2ccc(C(F)(F)F)cn2)c1. The van der Waals surface area contributed by atoms with Gasteiger partial charge in [-0.25, -0.2) is 4.98 Å². The summed E-state index contributed by atoms with van der Waals surface area (Å²) in [5, 5.41) is 0.